The number of unbranched alkanes of at least 4 members (excludes halogenated alkanes) is 1. The van der Waals surface area contributed by atoms with Gasteiger partial charge in [-0.1, -0.05) is 43.7 Å². The first-order valence-electron chi connectivity index (χ1n) is 9.31. The quantitative estimate of drug-likeness (QED) is 0.496. The van der Waals surface area contributed by atoms with Crippen LogP contribution in [0.2, 0.25) is 0 Å². The molecule has 3 N–H and O–H groups in total. The van der Waals surface area contributed by atoms with Crippen LogP contribution < -0.4 is 21.9 Å². The van der Waals surface area contributed by atoms with E-state index >= 15 is 0 Å². The molecule has 2 heterocycles. The largest absolute Gasteiger partial charge is 0.371 e. The number of H-pyrrole nitrogens is 1. The summed E-state index contributed by atoms with van der Waals surface area (Å²) in [7, 11) is 1.71. The Labute approximate surface area is 157 Å². The normalized spacial score (nSPS) is 11.2. The molecule has 0 aliphatic carbocycles. The van der Waals surface area contributed by atoms with Gasteiger partial charge < -0.3 is 10.6 Å². The van der Waals surface area contributed by atoms with Gasteiger partial charge in [0.25, 0.3) is 5.56 Å². The van der Waals surface area contributed by atoms with Gasteiger partial charge in [0.1, 0.15) is 11.0 Å². The summed E-state index contributed by atoms with van der Waals surface area (Å²) in [5, 5.41) is 13.7. The average molecular weight is 370 g/mol. The molecule has 3 rings (SSSR count). The maximum atomic E-state index is 12.9. The third kappa shape index (κ3) is 3.95. The summed E-state index contributed by atoms with van der Waals surface area (Å²) in [6.45, 7) is 4.21. The maximum Gasteiger partial charge on any atom is 0.332 e. The highest BCUT2D eigenvalue weighted by Gasteiger charge is 2.18. The van der Waals surface area contributed by atoms with Crippen LogP contribution in [0.25, 0.3) is 11.0 Å². The lowest BCUT2D eigenvalue weighted by Crippen LogP contribution is -2.41. The third-order valence-electron chi connectivity index (χ3n) is 4.59. The predicted octanol–water partition coefficient (Wildman–Crippen LogP) is 1.52. The first-order chi connectivity index (χ1) is 13.2. The van der Waals surface area contributed by atoms with E-state index < -0.39 is 0 Å². The molecule has 0 amide bonds. The van der Waals surface area contributed by atoms with Gasteiger partial charge in [0.05, 0.1) is 0 Å². The molecule has 0 saturated carbocycles. The molecule has 1 aromatic carbocycles. The lowest BCUT2D eigenvalue weighted by molar-refractivity contribution is 0.525. The van der Waals surface area contributed by atoms with E-state index in [2.05, 4.69) is 33.0 Å². The van der Waals surface area contributed by atoms with Crippen molar-refractivity contribution >= 4 is 16.9 Å². The number of fused-ring (bicyclic) bond motifs is 1. The minimum atomic E-state index is -0.297. The van der Waals surface area contributed by atoms with Crippen molar-refractivity contribution < 1.29 is 0 Å². The van der Waals surface area contributed by atoms with E-state index in [4.69, 9.17) is 0 Å². The fourth-order valence-electron chi connectivity index (χ4n) is 3.12. The van der Waals surface area contributed by atoms with Crippen LogP contribution >= 0.6 is 0 Å². The van der Waals surface area contributed by atoms with Crippen molar-refractivity contribution in [1.82, 2.24) is 24.6 Å². The number of nitrogens with one attached hydrogen (secondary N) is 3. The van der Waals surface area contributed by atoms with Gasteiger partial charge in [-0.05, 0) is 12.0 Å². The lowest BCUT2D eigenvalue weighted by Gasteiger charge is -2.12. The zero-order valence-corrected chi connectivity index (χ0v) is 15.8. The zero-order valence-electron chi connectivity index (χ0n) is 15.8. The number of nitrogens with zero attached hydrogens (tertiary/aromatic N) is 3. The summed E-state index contributed by atoms with van der Waals surface area (Å²) in [5.74, 6) is 0.464. The highest BCUT2D eigenvalue weighted by atomic mass is 16.2. The number of hydrogen-bond donors (Lipinski definition) is 3. The Bertz CT molecular complexity index is 1000. The van der Waals surface area contributed by atoms with Gasteiger partial charge >= 0.3 is 5.69 Å². The SMILES string of the molecule is CCCCn1c(=O)c2c(NC)n[nH]c2n(CCNCc2ccccc2)c1=O. The van der Waals surface area contributed by atoms with E-state index in [1.54, 1.807) is 11.6 Å². The summed E-state index contributed by atoms with van der Waals surface area (Å²) < 4.78 is 2.91. The molecular weight excluding hydrogens is 344 g/mol. The van der Waals surface area contributed by atoms with Gasteiger partial charge in [0.2, 0.25) is 0 Å². The molecule has 0 fully saturated rings. The molecule has 2 aromatic heterocycles. The monoisotopic (exact) mass is 370 g/mol. The van der Waals surface area contributed by atoms with Gasteiger partial charge in [-0.25, -0.2) is 4.79 Å². The summed E-state index contributed by atoms with van der Waals surface area (Å²) in [6, 6.07) is 10.1. The number of anilines is 1. The third-order valence-corrected chi connectivity index (χ3v) is 4.59. The van der Waals surface area contributed by atoms with Crippen molar-refractivity contribution in [3.05, 3.63) is 56.7 Å². The first-order valence-corrected chi connectivity index (χ1v) is 9.31. The Hall–Kier alpha value is -2.87. The van der Waals surface area contributed by atoms with E-state index in [-0.39, 0.29) is 11.2 Å². The minimum absolute atomic E-state index is 0.296. The Morgan fingerprint density at radius 2 is 1.89 bits per heavy atom. The van der Waals surface area contributed by atoms with Crippen molar-refractivity contribution in [2.24, 2.45) is 0 Å². The van der Waals surface area contributed by atoms with Crippen LogP contribution in [0.15, 0.2) is 39.9 Å². The van der Waals surface area contributed by atoms with Gasteiger partial charge in [-0.2, -0.15) is 5.10 Å². The summed E-state index contributed by atoms with van der Waals surface area (Å²) in [5.41, 5.74) is 1.05. The van der Waals surface area contributed by atoms with E-state index in [1.165, 1.54) is 10.1 Å². The van der Waals surface area contributed by atoms with Gasteiger partial charge in [0.15, 0.2) is 5.82 Å². The minimum Gasteiger partial charge on any atom is -0.371 e. The molecule has 27 heavy (non-hydrogen) atoms. The molecule has 0 unspecified atom stereocenters. The van der Waals surface area contributed by atoms with Crippen molar-refractivity contribution in [1.29, 1.82) is 0 Å². The standard InChI is InChI=1S/C19H26N6O2/c1-3-4-11-25-18(26)15-16(20-2)22-23-17(15)24(19(25)27)12-10-21-13-14-8-6-5-7-9-14/h5-9,21H,3-4,10-13H2,1-2H3,(H2,20,22,23). The summed E-state index contributed by atoms with van der Waals surface area (Å²) in [6.07, 6.45) is 1.69. The zero-order chi connectivity index (χ0) is 19.2. The summed E-state index contributed by atoms with van der Waals surface area (Å²) >= 11 is 0. The number of benzene rings is 1. The molecule has 0 atom stereocenters. The number of rotatable bonds is 9. The van der Waals surface area contributed by atoms with Gasteiger partial charge in [0, 0.05) is 33.2 Å². The van der Waals surface area contributed by atoms with Gasteiger partial charge in [-0.15, -0.1) is 0 Å². The lowest BCUT2D eigenvalue weighted by atomic mass is 10.2. The predicted molar refractivity (Wildman–Crippen MR) is 107 cm³/mol. The van der Waals surface area contributed by atoms with E-state index in [0.29, 0.717) is 36.5 Å². The Morgan fingerprint density at radius 3 is 2.59 bits per heavy atom. The van der Waals surface area contributed by atoms with Crippen molar-refractivity contribution in [3.63, 3.8) is 0 Å². The molecule has 8 heteroatoms. The number of hydrogen-bond acceptors (Lipinski definition) is 5. The summed E-state index contributed by atoms with van der Waals surface area (Å²) in [4.78, 5) is 25.7. The second-order valence-corrected chi connectivity index (χ2v) is 6.45. The average Bonchev–Trinajstić information content (AvgIpc) is 3.12. The van der Waals surface area contributed by atoms with Crippen LogP contribution in [0, 0.1) is 0 Å². The molecule has 0 spiro atoms. The van der Waals surface area contributed by atoms with E-state index in [1.807, 2.05) is 25.1 Å². The van der Waals surface area contributed by atoms with Crippen molar-refractivity contribution in [2.45, 2.75) is 39.4 Å². The Kier molecular flexibility index (Phi) is 6.08. The smallest absolute Gasteiger partial charge is 0.332 e. The molecule has 0 radical (unpaired) electrons. The van der Waals surface area contributed by atoms with Crippen molar-refractivity contribution in [3.8, 4) is 0 Å². The van der Waals surface area contributed by atoms with Crippen LogP contribution in [0.4, 0.5) is 5.82 Å². The highest BCUT2D eigenvalue weighted by Crippen LogP contribution is 2.14. The van der Waals surface area contributed by atoms with Crippen LogP contribution in [-0.2, 0) is 19.6 Å². The van der Waals surface area contributed by atoms with Crippen LogP contribution in [0.5, 0.6) is 0 Å². The van der Waals surface area contributed by atoms with Crippen LogP contribution in [-0.4, -0.2) is 32.9 Å². The van der Waals surface area contributed by atoms with E-state index in [9.17, 15) is 9.59 Å². The molecule has 144 valence electrons. The second kappa shape index (κ2) is 8.68. The fourth-order valence-corrected chi connectivity index (χ4v) is 3.12. The highest BCUT2D eigenvalue weighted by molar-refractivity contribution is 5.86. The Morgan fingerprint density at radius 1 is 1.11 bits per heavy atom. The molecule has 0 saturated heterocycles. The molecule has 0 aliphatic heterocycles. The van der Waals surface area contributed by atoms with E-state index in [0.717, 1.165) is 19.4 Å². The molecule has 8 nitrogen and oxygen atoms in total. The molecule has 3 aromatic rings. The van der Waals surface area contributed by atoms with Crippen LogP contribution in [0.1, 0.15) is 25.3 Å². The van der Waals surface area contributed by atoms with Gasteiger partial charge in [-0.3, -0.25) is 19.0 Å². The fraction of sp³-hybridized carbons (Fsp3) is 0.421. The number of aromatic nitrogens is 4. The Balaban J connectivity index is 1.87. The second-order valence-electron chi connectivity index (χ2n) is 6.45. The number of aromatic amines is 1. The maximum absolute atomic E-state index is 12.9. The molecule has 0 bridgehead atoms. The van der Waals surface area contributed by atoms with Crippen molar-refractivity contribution in [2.75, 3.05) is 18.9 Å². The topological polar surface area (TPSA) is 96.7 Å². The first kappa shape index (κ1) is 18.9. The molecule has 0 aliphatic rings. The molecular formula is C19H26N6O2. The van der Waals surface area contributed by atoms with Crippen LogP contribution in [0.3, 0.4) is 0 Å².